The van der Waals surface area contributed by atoms with Gasteiger partial charge in [-0.1, -0.05) is 115 Å². The van der Waals surface area contributed by atoms with Gasteiger partial charge in [-0.25, -0.2) is 0 Å². The molecule has 0 spiro atoms. The molecule has 0 unspecified atom stereocenters. The summed E-state index contributed by atoms with van der Waals surface area (Å²) in [5, 5.41) is 11.7. The molecule has 0 N–H and O–H groups in total. The van der Waals surface area contributed by atoms with E-state index in [1.165, 1.54) is 76.3 Å². The van der Waals surface area contributed by atoms with Crippen molar-refractivity contribution in [1.29, 1.82) is 0 Å². The third-order valence-corrected chi connectivity index (χ3v) is 9.45. The maximum Gasteiger partial charge on any atom is 0.0620 e. The fourth-order valence-corrected chi connectivity index (χ4v) is 7.60. The van der Waals surface area contributed by atoms with E-state index in [1.54, 1.807) is 0 Å². The van der Waals surface area contributed by atoms with Gasteiger partial charge < -0.3 is 9.13 Å². The molecule has 0 bridgehead atoms. The maximum atomic E-state index is 2.48. The summed E-state index contributed by atoms with van der Waals surface area (Å²) in [7, 11) is 0. The summed E-state index contributed by atoms with van der Waals surface area (Å²) >= 11 is 0. The molecule has 2 aromatic heterocycles. The molecular formula is C42H26N2. The normalized spacial score (nSPS) is 12.1. The first kappa shape index (κ1) is 23.7. The van der Waals surface area contributed by atoms with Crippen LogP contribution in [0.3, 0.4) is 0 Å². The molecule has 0 saturated heterocycles. The summed E-state index contributed by atoms with van der Waals surface area (Å²) < 4.78 is 4.86. The van der Waals surface area contributed by atoms with Gasteiger partial charge in [0, 0.05) is 32.9 Å². The Morgan fingerprint density at radius 1 is 0.341 bits per heavy atom. The summed E-state index contributed by atoms with van der Waals surface area (Å²) in [6.45, 7) is 0. The molecule has 0 radical (unpaired) electrons. The molecule has 10 rings (SSSR count). The zero-order valence-corrected chi connectivity index (χ0v) is 23.9. The van der Waals surface area contributed by atoms with Crippen molar-refractivity contribution in [3.63, 3.8) is 0 Å². The summed E-state index contributed by atoms with van der Waals surface area (Å²) in [6.07, 6.45) is 0. The minimum atomic E-state index is 1.15. The first-order valence-electron chi connectivity index (χ1n) is 15.2. The minimum Gasteiger partial charge on any atom is -0.309 e. The second-order valence-corrected chi connectivity index (χ2v) is 11.8. The molecule has 0 atom stereocenters. The van der Waals surface area contributed by atoms with Crippen LogP contribution in [-0.2, 0) is 0 Å². The Hall–Kier alpha value is -5.86. The molecule has 44 heavy (non-hydrogen) atoms. The zero-order chi connectivity index (χ0) is 28.8. The zero-order valence-electron chi connectivity index (χ0n) is 23.9. The van der Waals surface area contributed by atoms with Crippen LogP contribution in [0.5, 0.6) is 0 Å². The third-order valence-electron chi connectivity index (χ3n) is 9.45. The number of hydrogen-bond donors (Lipinski definition) is 0. The lowest BCUT2D eigenvalue weighted by atomic mass is 9.92. The highest BCUT2D eigenvalue weighted by Crippen LogP contribution is 2.44. The molecule has 2 heteroatoms. The van der Waals surface area contributed by atoms with E-state index in [0.717, 1.165) is 11.4 Å². The van der Waals surface area contributed by atoms with Crippen LogP contribution in [0.2, 0.25) is 0 Å². The van der Waals surface area contributed by atoms with Gasteiger partial charge in [-0.15, -0.1) is 0 Å². The van der Waals surface area contributed by atoms with Gasteiger partial charge in [0.15, 0.2) is 0 Å². The molecule has 0 fully saturated rings. The van der Waals surface area contributed by atoms with E-state index in [4.69, 9.17) is 0 Å². The van der Waals surface area contributed by atoms with Crippen LogP contribution in [0, 0.1) is 0 Å². The topological polar surface area (TPSA) is 9.86 Å². The van der Waals surface area contributed by atoms with Gasteiger partial charge in [-0.3, -0.25) is 0 Å². The van der Waals surface area contributed by atoms with Gasteiger partial charge in [0.25, 0.3) is 0 Å². The lowest BCUT2D eigenvalue weighted by Gasteiger charge is -2.17. The van der Waals surface area contributed by atoms with E-state index < -0.39 is 0 Å². The first-order chi connectivity index (χ1) is 21.8. The van der Waals surface area contributed by atoms with Gasteiger partial charge >= 0.3 is 0 Å². The van der Waals surface area contributed by atoms with Gasteiger partial charge in [0.2, 0.25) is 0 Å². The van der Waals surface area contributed by atoms with Crippen LogP contribution >= 0.6 is 0 Å². The number of benzene rings is 8. The predicted octanol–water partition coefficient (Wildman–Crippen LogP) is 11.3. The van der Waals surface area contributed by atoms with E-state index in [-0.39, 0.29) is 0 Å². The molecule has 0 aliphatic carbocycles. The Morgan fingerprint density at radius 2 is 0.864 bits per heavy atom. The van der Waals surface area contributed by atoms with E-state index in [1.807, 2.05) is 0 Å². The number of fused-ring (bicyclic) bond motifs is 6. The quantitative estimate of drug-likeness (QED) is 0.191. The van der Waals surface area contributed by atoms with Crippen molar-refractivity contribution < 1.29 is 0 Å². The smallest absolute Gasteiger partial charge is 0.0620 e. The van der Waals surface area contributed by atoms with Crippen LogP contribution < -0.4 is 0 Å². The highest BCUT2D eigenvalue weighted by Gasteiger charge is 2.20. The minimum absolute atomic E-state index is 1.15. The van der Waals surface area contributed by atoms with Crippen molar-refractivity contribution in [3.05, 3.63) is 158 Å². The van der Waals surface area contributed by atoms with Crippen LogP contribution in [0.25, 0.3) is 87.7 Å². The van der Waals surface area contributed by atoms with Crippen LogP contribution in [0.4, 0.5) is 0 Å². The Morgan fingerprint density at radius 3 is 1.52 bits per heavy atom. The molecule has 2 nitrogen and oxygen atoms in total. The number of aromatic nitrogens is 2. The fraction of sp³-hybridized carbons (Fsp3) is 0. The molecule has 204 valence electrons. The molecule has 0 aliphatic heterocycles. The van der Waals surface area contributed by atoms with E-state index in [0.29, 0.717) is 0 Å². The van der Waals surface area contributed by atoms with E-state index in [9.17, 15) is 0 Å². The van der Waals surface area contributed by atoms with Crippen molar-refractivity contribution in [3.8, 4) is 22.6 Å². The highest BCUT2D eigenvalue weighted by atomic mass is 15.0. The monoisotopic (exact) mass is 558 g/mol. The lowest BCUT2D eigenvalue weighted by molar-refractivity contribution is 1.12. The average Bonchev–Trinajstić information content (AvgIpc) is 3.66. The number of nitrogens with zero attached hydrogens (tertiary/aromatic N) is 2. The average molecular weight is 559 g/mol. The summed E-state index contributed by atoms with van der Waals surface area (Å²) in [4.78, 5) is 0. The Bertz CT molecular complexity index is 2640. The Kier molecular flexibility index (Phi) is 4.75. The Balaban J connectivity index is 1.29. The second-order valence-electron chi connectivity index (χ2n) is 11.8. The maximum absolute atomic E-state index is 2.48. The molecule has 0 amide bonds. The van der Waals surface area contributed by atoms with Crippen LogP contribution in [-0.4, -0.2) is 9.13 Å². The molecular weight excluding hydrogens is 532 g/mol. The Labute approximate surface area is 254 Å². The second kappa shape index (κ2) is 8.82. The molecule has 0 aliphatic rings. The van der Waals surface area contributed by atoms with Crippen molar-refractivity contribution in [2.45, 2.75) is 0 Å². The summed E-state index contributed by atoms with van der Waals surface area (Å²) in [5.41, 5.74) is 8.41. The largest absolute Gasteiger partial charge is 0.309 e. The van der Waals surface area contributed by atoms with Crippen molar-refractivity contribution in [1.82, 2.24) is 9.13 Å². The van der Waals surface area contributed by atoms with Crippen molar-refractivity contribution >= 4 is 65.0 Å². The third kappa shape index (κ3) is 3.14. The molecule has 0 saturated carbocycles. The first-order valence-corrected chi connectivity index (χ1v) is 15.2. The lowest BCUT2D eigenvalue weighted by Crippen LogP contribution is -1.99. The van der Waals surface area contributed by atoms with Crippen molar-refractivity contribution in [2.24, 2.45) is 0 Å². The van der Waals surface area contributed by atoms with Gasteiger partial charge in [0.05, 0.1) is 22.2 Å². The van der Waals surface area contributed by atoms with Gasteiger partial charge in [-0.05, 0) is 75.0 Å². The molecule has 2 heterocycles. The predicted molar refractivity (Wildman–Crippen MR) is 187 cm³/mol. The fourth-order valence-electron chi connectivity index (χ4n) is 7.60. The standard InChI is InChI=1S/C42H26N2/c1-2-10-27(11-3-1)39-26-36-34-16-8-12-28-20-21-29-13-9-17-35(41(29)40(28)34)42(36)44(39)31-24-22-30(23-25-31)43-37-18-6-4-14-32(37)33-15-5-7-19-38(33)43/h1-26H. The van der Waals surface area contributed by atoms with Crippen LogP contribution in [0.15, 0.2) is 158 Å². The highest BCUT2D eigenvalue weighted by molar-refractivity contribution is 6.33. The number of rotatable bonds is 3. The van der Waals surface area contributed by atoms with Gasteiger partial charge in [-0.2, -0.15) is 0 Å². The van der Waals surface area contributed by atoms with Crippen LogP contribution in [0.1, 0.15) is 0 Å². The van der Waals surface area contributed by atoms with Gasteiger partial charge in [0.1, 0.15) is 0 Å². The molecule has 8 aromatic carbocycles. The van der Waals surface area contributed by atoms with Crippen molar-refractivity contribution in [2.75, 3.05) is 0 Å². The SMILES string of the molecule is c1ccc(-c2cc3c4cccc5ccc6cccc(c6c54)c3n2-c2ccc(-n3c4ccccc4c4ccccc43)cc2)cc1. The van der Waals surface area contributed by atoms with E-state index >= 15 is 0 Å². The van der Waals surface area contributed by atoms with E-state index in [2.05, 4.69) is 167 Å². The number of para-hydroxylation sites is 2. The molecule has 10 aromatic rings. The summed E-state index contributed by atoms with van der Waals surface area (Å²) in [6, 6.07) is 57.7. The summed E-state index contributed by atoms with van der Waals surface area (Å²) in [5.74, 6) is 0. The number of hydrogen-bond acceptors (Lipinski definition) is 0.